The second kappa shape index (κ2) is 8.93. The van der Waals surface area contributed by atoms with Gasteiger partial charge in [0, 0.05) is 40.1 Å². The molecule has 33 heavy (non-hydrogen) atoms. The van der Waals surface area contributed by atoms with Gasteiger partial charge in [-0.15, -0.1) is 0 Å². The van der Waals surface area contributed by atoms with Gasteiger partial charge in [0.25, 0.3) is 5.91 Å². The van der Waals surface area contributed by atoms with Gasteiger partial charge in [-0.25, -0.2) is 0 Å². The summed E-state index contributed by atoms with van der Waals surface area (Å²) in [5.74, 6) is -0.913. The summed E-state index contributed by atoms with van der Waals surface area (Å²) in [7, 11) is 0. The van der Waals surface area contributed by atoms with E-state index in [9.17, 15) is 14.4 Å². The number of benzene rings is 2. The maximum absolute atomic E-state index is 13.8. The minimum absolute atomic E-state index is 0.0164. The third-order valence-corrected chi connectivity index (χ3v) is 7.65. The Hall–Kier alpha value is -2.67. The van der Waals surface area contributed by atoms with Crippen molar-refractivity contribution in [1.29, 1.82) is 0 Å². The number of para-hydroxylation sites is 1. The molecule has 1 N–H and O–H groups in total. The number of carbonyl (C=O) groups is 3. The molecule has 2 aliphatic carbocycles. The zero-order valence-electron chi connectivity index (χ0n) is 18.3. The lowest BCUT2D eigenvalue weighted by Gasteiger charge is -2.48. The first-order valence-corrected chi connectivity index (χ1v) is 12.5. The molecular formula is C26H27BrN2O4. The highest BCUT2D eigenvalue weighted by molar-refractivity contribution is 9.10. The lowest BCUT2D eigenvalue weighted by Crippen LogP contribution is -2.52. The molecule has 1 aliphatic heterocycles. The predicted molar refractivity (Wildman–Crippen MR) is 128 cm³/mol. The average Bonchev–Trinajstić information content (AvgIpc) is 3.52. The lowest BCUT2D eigenvalue weighted by atomic mass is 9.81. The highest BCUT2D eigenvalue weighted by Gasteiger charge is 2.51. The second-order valence-corrected chi connectivity index (χ2v) is 10.2. The predicted octanol–water partition coefficient (Wildman–Crippen LogP) is 5.18. The number of hydrogen-bond acceptors (Lipinski definition) is 3. The maximum Gasteiger partial charge on any atom is 0.303 e. The molecule has 2 saturated carbocycles. The lowest BCUT2D eigenvalue weighted by molar-refractivity contribution is -0.142. The summed E-state index contributed by atoms with van der Waals surface area (Å²) in [6, 6.07) is 15.5. The quantitative estimate of drug-likeness (QED) is 0.580. The molecule has 0 unspecified atom stereocenters. The van der Waals surface area contributed by atoms with E-state index >= 15 is 0 Å². The van der Waals surface area contributed by atoms with Gasteiger partial charge in [-0.2, -0.15) is 0 Å². The average molecular weight is 511 g/mol. The van der Waals surface area contributed by atoms with Crippen LogP contribution in [0.2, 0.25) is 0 Å². The molecule has 0 radical (unpaired) electrons. The Balaban J connectivity index is 1.56. The minimum Gasteiger partial charge on any atom is -0.481 e. The van der Waals surface area contributed by atoms with Crippen LogP contribution in [-0.2, 0) is 9.59 Å². The number of carboxylic acids is 1. The van der Waals surface area contributed by atoms with Gasteiger partial charge in [0.1, 0.15) is 0 Å². The van der Waals surface area contributed by atoms with Crippen molar-refractivity contribution in [3.05, 3.63) is 64.1 Å². The molecule has 2 aromatic rings. The molecule has 0 aromatic heterocycles. The number of rotatable bonds is 6. The zero-order chi connectivity index (χ0) is 23.1. The molecular weight excluding hydrogens is 484 g/mol. The largest absolute Gasteiger partial charge is 0.481 e. The van der Waals surface area contributed by atoms with Gasteiger partial charge in [0.2, 0.25) is 5.91 Å². The van der Waals surface area contributed by atoms with Gasteiger partial charge in [0.15, 0.2) is 0 Å². The first-order valence-electron chi connectivity index (χ1n) is 11.7. The Morgan fingerprint density at radius 3 is 2.52 bits per heavy atom. The van der Waals surface area contributed by atoms with Crippen LogP contribution in [0.1, 0.15) is 66.9 Å². The molecule has 3 atom stereocenters. The standard InChI is InChI=1S/C26H27BrN2O4/c27-17-6-3-5-16(15-17)26(33)29-21-9-2-1-7-19(21)25(20-8-4-10-22(20)29)28(18-11-12-18)23(30)13-14-24(31)32/h1-3,5-7,9,15,18,20,22,25H,4,8,10-14H2,(H,31,32)/t20-,22+,25-/m0/s1. The SMILES string of the molecule is O=C(O)CCC(=O)N(C1CC1)[C@H]1c2ccccc2N(C(=O)c2cccc(Br)c2)[C@@H]2CCC[C@@H]21. The highest BCUT2D eigenvalue weighted by Crippen LogP contribution is 2.52. The highest BCUT2D eigenvalue weighted by atomic mass is 79.9. The summed E-state index contributed by atoms with van der Waals surface area (Å²) in [5, 5.41) is 9.12. The molecule has 2 amide bonds. The summed E-state index contributed by atoms with van der Waals surface area (Å²) in [6.07, 6.45) is 4.62. The molecule has 2 fully saturated rings. The van der Waals surface area contributed by atoms with Crippen molar-refractivity contribution >= 4 is 39.4 Å². The normalized spacial score (nSPS) is 23.5. The smallest absolute Gasteiger partial charge is 0.303 e. The number of amides is 2. The van der Waals surface area contributed by atoms with Crippen LogP contribution < -0.4 is 4.90 Å². The van der Waals surface area contributed by atoms with Crippen molar-refractivity contribution in [1.82, 2.24) is 4.90 Å². The van der Waals surface area contributed by atoms with E-state index in [0.717, 1.165) is 47.8 Å². The van der Waals surface area contributed by atoms with E-state index in [-0.39, 0.29) is 48.7 Å². The van der Waals surface area contributed by atoms with Gasteiger partial charge in [-0.05, 0) is 55.5 Å². The molecule has 5 rings (SSSR count). The summed E-state index contributed by atoms with van der Waals surface area (Å²) < 4.78 is 0.864. The molecule has 7 heteroatoms. The number of carbonyl (C=O) groups excluding carboxylic acids is 2. The molecule has 1 heterocycles. The fourth-order valence-electron chi connectivity index (χ4n) is 5.68. The molecule has 6 nitrogen and oxygen atoms in total. The van der Waals surface area contributed by atoms with Gasteiger partial charge in [-0.3, -0.25) is 14.4 Å². The Kier molecular flexibility index (Phi) is 5.99. The number of halogens is 1. The van der Waals surface area contributed by atoms with Crippen LogP contribution in [0.25, 0.3) is 0 Å². The summed E-state index contributed by atoms with van der Waals surface area (Å²) in [5.41, 5.74) is 2.51. The number of anilines is 1. The fourth-order valence-corrected chi connectivity index (χ4v) is 6.08. The van der Waals surface area contributed by atoms with Crippen molar-refractivity contribution in [2.24, 2.45) is 5.92 Å². The Morgan fingerprint density at radius 1 is 1.00 bits per heavy atom. The minimum atomic E-state index is -0.951. The van der Waals surface area contributed by atoms with Crippen molar-refractivity contribution in [3.8, 4) is 0 Å². The van der Waals surface area contributed by atoms with Gasteiger partial charge >= 0.3 is 5.97 Å². The third kappa shape index (κ3) is 4.19. The van der Waals surface area contributed by atoms with Gasteiger partial charge in [0.05, 0.1) is 12.5 Å². The fraction of sp³-hybridized carbons (Fsp3) is 0.423. The number of nitrogens with zero attached hydrogens (tertiary/aromatic N) is 2. The topological polar surface area (TPSA) is 77.9 Å². The number of fused-ring (bicyclic) bond motifs is 2. The number of aliphatic carboxylic acids is 1. The summed E-state index contributed by atoms with van der Waals surface area (Å²) >= 11 is 3.48. The van der Waals surface area contributed by atoms with Crippen molar-refractivity contribution in [2.45, 2.75) is 63.1 Å². The van der Waals surface area contributed by atoms with E-state index in [0.29, 0.717) is 5.56 Å². The maximum atomic E-state index is 13.8. The Bertz CT molecular complexity index is 1100. The zero-order valence-corrected chi connectivity index (χ0v) is 19.9. The number of carboxylic acid groups (broad SMARTS) is 1. The van der Waals surface area contributed by atoms with Crippen LogP contribution >= 0.6 is 15.9 Å². The van der Waals surface area contributed by atoms with E-state index in [1.807, 2.05) is 58.3 Å². The van der Waals surface area contributed by atoms with Crippen molar-refractivity contribution < 1.29 is 19.5 Å². The molecule has 0 bridgehead atoms. The Labute approximate surface area is 201 Å². The molecule has 0 saturated heterocycles. The van der Waals surface area contributed by atoms with E-state index in [1.165, 1.54) is 0 Å². The van der Waals surface area contributed by atoms with Gasteiger partial charge < -0.3 is 14.9 Å². The first-order chi connectivity index (χ1) is 16.0. The first kappa shape index (κ1) is 22.1. The van der Waals surface area contributed by atoms with E-state index in [4.69, 9.17) is 5.11 Å². The molecule has 0 spiro atoms. The van der Waals surface area contributed by atoms with Crippen LogP contribution in [-0.4, -0.2) is 39.9 Å². The third-order valence-electron chi connectivity index (χ3n) is 7.15. The second-order valence-electron chi connectivity index (χ2n) is 9.28. The van der Waals surface area contributed by atoms with Crippen LogP contribution in [0.4, 0.5) is 5.69 Å². The Morgan fingerprint density at radius 2 is 1.79 bits per heavy atom. The summed E-state index contributed by atoms with van der Waals surface area (Å²) in [4.78, 5) is 42.1. The van der Waals surface area contributed by atoms with E-state index < -0.39 is 5.97 Å². The van der Waals surface area contributed by atoms with Crippen LogP contribution in [0.5, 0.6) is 0 Å². The van der Waals surface area contributed by atoms with E-state index in [2.05, 4.69) is 15.9 Å². The monoisotopic (exact) mass is 510 g/mol. The molecule has 172 valence electrons. The van der Waals surface area contributed by atoms with Crippen molar-refractivity contribution in [2.75, 3.05) is 4.90 Å². The van der Waals surface area contributed by atoms with Gasteiger partial charge in [-0.1, -0.05) is 46.6 Å². The number of hydrogen-bond donors (Lipinski definition) is 1. The summed E-state index contributed by atoms with van der Waals surface area (Å²) in [6.45, 7) is 0. The molecule has 2 aromatic carbocycles. The van der Waals surface area contributed by atoms with Crippen molar-refractivity contribution in [3.63, 3.8) is 0 Å². The molecule has 3 aliphatic rings. The van der Waals surface area contributed by atoms with Crippen LogP contribution in [0.15, 0.2) is 53.0 Å². The van der Waals surface area contributed by atoms with E-state index in [1.54, 1.807) is 0 Å². The van der Waals surface area contributed by atoms with Crippen LogP contribution in [0, 0.1) is 5.92 Å². The van der Waals surface area contributed by atoms with Crippen LogP contribution in [0.3, 0.4) is 0 Å².